The van der Waals surface area contributed by atoms with Crippen molar-refractivity contribution < 1.29 is 14.6 Å². The summed E-state index contributed by atoms with van der Waals surface area (Å²) in [6, 6.07) is 3.55. The highest BCUT2D eigenvalue weighted by Gasteiger charge is 2.10. The molecule has 0 amide bonds. The molecule has 17 heavy (non-hydrogen) atoms. The van der Waals surface area contributed by atoms with Crippen LogP contribution in [0.15, 0.2) is 18.3 Å². The van der Waals surface area contributed by atoms with Gasteiger partial charge in [-0.2, -0.15) is 0 Å². The number of aliphatic hydroxyl groups is 1. The molecule has 1 aromatic heterocycles. The first kappa shape index (κ1) is 13.6. The fourth-order valence-electron chi connectivity index (χ4n) is 1.31. The van der Waals surface area contributed by atoms with Gasteiger partial charge >= 0.3 is 5.97 Å². The Labute approximate surface area is 101 Å². The molecule has 1 rings (SSSR count). The maximum absolute atomic E-state index is 11.2. The van der Waals surface area contributed by atoms with E-state index in [1.54, 1.807) is 12.1 Å². The molecular formula is C12H18N2O3. The Morgan fingerprint density at radius 3 is 2.76 bits per heavy atom. The van der Waals surface area contributed by atoms with Crippen molar-refractivity contribution in [1.29, 1.82) is 0 Å². The lowest BCUT2D eigenvalue weighted by molar-refractivity contribution is 0.0600. The molecule has 0 aliphatic rings. The summed E-state index contributed by atoms with van der Waals surface area (Å²) < 4.78 is 4.59. The van der Waals surface area contributed by atoms with E-state index >= 15 is 0 Å². The number of carbonyl (C=O) groups is 1. The Kier molecular flexibility index (Phi) is 5.06. The van der Waals surface area contributed by atoms with E-state index in [1.165, 1.54) is 13.3 Å². The molecule has 0 bridgehead atoms. The molecule has 1 heterocycles. The molecule has 0 aliphatic carbocycles. The minimum absolute atomic E-state index is 0.0806. The summed E-state index contributed by atoms with van der Waals surface area (Å²) in [4.78, 5) is 17.4. The monoisotopic (exact) mass is 238 g/mol. The zero-order valence-corrected chi connectivity index (χ0v) is 10.4. The van der Waals surface area contributed by atoms with Gasteiger partial charge in [0.05, 0.1) is 25.0 Å². The Morgan fingerprint density at radius 2 is 2.29 bits per heavy atom. The van der Waals surface area contributed by atoms with Crippen molar-refractivity contribution in [1.82, 2.24) is 9.88 Å². The molecule has 0 saturated carbocycles. The predicted octanol–water partition coefficient (Wildman–Crippen LogP) is 0.681. The number of rotatable bonds is 5. The lowest BCUT2D eigenvalue weighted by Gasteiger charge is -2.22. The SMILES string of the molecule is COC(=O)c1ccc(CN(C)C(C)CO)nc1. The molecule has 5 heteroatoms. The van der Waals surface area contributed by atoms with Gasteiger partial charge in [0.25, 0.3) is 0 Å². The zero-order valence-electron chi connectivity index (χ0n) is 10.4. The number of esters is 1. The normalized spacial score (nSPS) is 12.5. The summed E-state index contributed by atoms with van der Waals surface area (Å²) in [5.74, 6) is -0.388. The van der Waals surface area contributed by atoms with Crippen LogP contribution in [0, 0.1) is 0 Å². The molecule has 0 saturated heterocycles. The molecule has 1 unspecified atom stereocenters. The van der Waals surface area contributed by atoms with Crippen LogP contribution in [0.25, 0.3) is 0 Å². The fourth-order valence-corrected chi connectivity index (χ4v) is 1.31. The van der Waals surface area contributed by atoms with Gasteiger partial charge < -0.3 is 9.84 Å². The fraction of sp³-hybridized carbons (Fsp3) is 0.500. The Morgan fingerprint density at radius 1 is 1.59 bits per heavy atom. The van der Waals surface area contributed by atoms with Crippen molar-refractivity contribution in [2.24, 2.45) is 0 Å². The molecule has 0 aromatic carbocycles. The van der Waals surface area contributed by atoms with E-state index in [4.69, 9.17) is 5.11 Å². The number of pyridine rings is 1. The number of methoxy groups -OCH3 is 1. The van der Waals surface area contributed by atoms with Crippen molar-refractivity contribution in [3.63, 3.8) is 0 Å². The van der Waals surface area contributed by atoms with Crippen LogP contribution in [0.1, 0.15) is 23.0 Å². The van der Waals surface area contributed by atoms with Crippen LogP contribution in [-0.4, -0.2) is 47.8 Å². The number of aromatic nitrogens is 1. The molecule has 0 aliphatic heterocycles. The van der Waals surface area contributed by atoms with Crippen LogP contribution in [0.5, 0.6) is 0 Å². The molecular weight excluding hydrogens is 220 g/mol. The van der Waals surface area contributed by atoms with Gasteiger partial charge in [-0.05, 0) is 26.1 Å². The zero-order chi connectivity index (χ0) is 12.8. The van der Waals surface area contributed by atoms with E-state index in [2.05, 4.69) is 9.72 Å². The van der Waals surface area contributed by atoms with Crippen molar-refractivity contribution in [3.8, 4) is 0 Å². The van der Waals surface area contributed by atoms with Crippen molar-refractivity contribution in [3.05, 3.63) is 29.6 Å². The molecule has 5 nitrogen and oxygen atoms in total. The highest BCUT2D eigenvalue weighted by molar-refractivity contribution is 5.88. The van der Waals surface area contributed by atoms with E-state index < -0.39 is 0 Å². The van der Waals surface area contributed by atoms with Crippen molar-refractivity contribution in [2.75, 3.05) is 20.8 Å². The second-order valence-corrected chi connectivity index (χ2v) is 3.98. The van der Waals surface area contributed by atoms with Crippen LogP contribution in [0.3, 0.4) is 0 Å². The van der Waals surface area contributed by atoms with Gasteiger partial charge in [-0.3, -0.25) is 9.88 Å². The van der Waals surface area contributed by atoms with Gasteiger partial charge in [0, 0.05) is 18.8 Å². The molecule has 1 N–H and O–H groups in total. The van der Waals surface area contributed by atoms with Crippen molar-refractivity contribution in [2.45, 2.75) is 19.5 Å². The van der Waals surface area contributed by atoms with Crippen LogP contribution < -0.4 is 0 Å². The number of hydrogen-bond donors (Lipinski definition) is 1. The van der Waals surface area contributed by atoms with Crippen LogP contribution in [-0.2, 0) is 11.3 Å². The van der Waals surface area contributed by atoms with Crippen LogP contribution in [0.2, 0.25) is 0 Å². The summed E-state index contributed by atoms with van der Waals surface area (Å²) in [5.41, 5.74) is 1.29. The average molecular weight is 238 g/mol. The first-order valence-electron chi connectivity index (χ1n) is 5.42. The molecule has 94 valence electrons. The number of aliphatic hydroxyl groups excluding tert-OH is 1. The van der Waals surface area contributed by atoms with Gasteiger partial charge in [0.1, 0.15) is 0 Å². The van der Waals surface area contributed by atoms with Gasteiger partial charge in [0.15, 0.2) is 0 Å². The second-order valence-electron chi connectivity index (χ2n) is 3.98. The maximum atomic E-state index is 11.2. The van der Waals surface area contributed by atoms with Gasteiger partial charge in [-0.25, -0.2) is 4.79 Å². The number of ether oxygens (including phenoxy) is 1. The summed E-state index contributed by atoms with van der Waals surface area (Å²) in [7, 11) is 3.25. The molecule has 1 atom stereocenters. The molecule has 0 radical (unpaired) electrons. The van der Waals surface area contributed by atoms with Gasteiger partial charge in [0.2, 0.25) is 0 Å². The standard InChI is InChI=1S/C12H18N2O3/c1-9(8-15)14(2)7-11-5-4-10(6-13-11)12(16)17-3/h4-6,9,15H,7-8H2,1-3H3. The van der Waals surface area contributed by atoms with Crippen LogP contribution >= 0.6 is 0 Å². The van der Waals surface area contributed by atoms with E-state index in [1.807, 2.05) is 18.9 Å². The summed E-state index contributed by atoms with van der Waals surface area (Å²) in [5, 5.41) is 9.01. The van der Waals surface area contributed by atoms with Crippen LogP contribution in [0.4, 0.5) is 0 Å². The van der Waals surface area contributed by atoms with Gasteiger partial charge in [-0.1, -0.05) is 0 Å². The maximum Gasteiger partial charge on any atom is 0.339 e. The molecule has 0 fully saturated rings. The van der Waals surface area contributed by atoms with E-state index in [0.717, 1.165) is 5.69 Å². The Hall–Kier alpha value is -1.46. The first-order chi connectivity index (χ1) is 8.08. The lowest BCUT2D eigenvalue weighted by Crippen LogP contribution is -2.31. The van der Waals surface area contributed by atoms with Gasteiger partial charge in [-0.15, -0.1) is 0 Å². The smallest absolute Gasteiger partial charge is 0.339 e. The third kappa shape index (κ3) is 3.80. The largest absolute Gasteiger partial charge is 0.465 e. The molecule has 0 spiro atoms. The van der Waals surface area contributed by atoms with Crippen molar-refractivity contribution >= 4 is 5.97 Å². The third-order valence-electron chi connectivity index (χ3n) is 2.67. The number of nitrogens with zero attached hydrogens (tertiary/aromatic N) is 2. The summed E-state index contributed by atoms with van der Waals surface area (Å²) in [6.07, 6.45) is 1.50. The average Bonchev–Trinajstić information content (AvgIpc) is 2.37. The van der Waals surface area contributed by atoms with E-state index in [-0.39, 0.29) is 18.6 Å². The first-order valence-corrected chi connectivity index (χ1v) is 5.42. The quantitative estimate of drug-likeness (QED) is 0.764. The molecule has 1 aromatic rings. The highest BCUT2D eigenvalue weighted by atomic mass is 16.5. The Balaban J connectivity index is 2.65. The topological polar surface area (TPSA) is 62.7 Å². The minimum Gasteiger partial charge on any atom is -0.465 e. The van der Waals surface area contributed by atoms with E-state index in [9.17, 15) is 4.79 Å². The predicted molar refractivity (Wildman–Crippen MR) is 63.6 cm³/mol. The third-order valence-corrected chi connectivity index (χ3v) is 2.67. The lowest BCUT2D eigenvalue weighted by atomic mass is 10.2. The van der Waals surface area contributed by atoms with E-state index in [0.29, 0.717) is 12.1 Å². The number of likely N-dealkylation sites (N-methyl/N-ethyl adjacent to an activating group) is 1. The summed E-state index contributed by atoms with van der Waals surface area (Å²) >= 11 is 0. The summed E-state index contributed by atoms with van der Waals surface area (Å²) in [6.45, 7) is 2.67. The minimum atomic E-state index is -0.388. The number of carbonyl (C=O) groups excluding carboxylic acids is 1. The number of hydrogen-bond acceptors (Lipinski definition) is 5. The second kappa shape index (κ2) is 6.32. The Bertz CT molecular complexity index is 365. The highest BCUT2D eigenvalue weighted by Crippen LogP contribution is 2.06.